The lowest BCUT2D eigenvalue weighted by Gasteiger charge is -2.14. The summed E-state index contributed by atoms with van der Waals surface area (Å²) in [5.41, 5.74) is 0. The highest BCUT2D eigenvalue weighted by molar-refractivity contribution is 5.14. The van der Waals surface area contributed by atoms with Gasteiger partial charge in [-0.1, -0.05) is 0 Å². The van der Waals surface area contributed by atoms with Crippen molar-refractivity contribution in [3.05, 3.63) is 11.7 Å². The molecular formula is C5HF9. The van der Waals surface area contributed by atoms with Crippen LogP contribution in [0.4, 0.5) is 39.5 Å². The van der Waals surface area contributed by atoms with Gasteiger partial charge in [-0.2, -0.15) is 26.3 Å². The van der Waals surface area contributed by atoms with E-state index in [1.807, 2.05) is 0 Å². The summed E-state index contributed by atoms with van der Waals surface area (Å²) in [6, 6.07) is 0. The third-order valence-corrected chi connectivity index (χ3v) is 1.01. The monoisotopic (exact) mass is 232 g/mol. The summed E-state index contributed by atoms with van der Waals surface area (Å²) < 4.78 is 103. The fourth-order valence-electron chi connectivity index (χ4n) is 0.367. The molecule has 0 rings (SSSR count). The molecule has 0 amide bonds. The van der Waals surface area contributed by atoms with Gasteiger partial charge in [-0.3, -0.25) is 0 Å². The van der Waals surface area contributed by atoms with E-state index >= 15 is 0 Å². The Hall–Kier alpha value is -0.890. The molecule has 0 nitrogen and oxygen atoms in total. The quantitative estimate of drug-likeness (QED) is 0.638. The first kappa shape index (κ1) is 13.1. The normalized spacial score (nSPS) is 15.9. The highest BCUT2D eigenvalue weighted by atomic mass is 19.4. The van der Waals surface area contributed by atoms with Crippen molar-refractivity contribution in [3.8, 4) is 0 Å². The van der Waals surface area contributed by atoms with Crippen LogP contribution >= 0.6 is 0 Å². The minimum Gasteiger partial charge on any atom is -0.203 e. The SMILES string of the molecule is FC(=C(F)C(F)(F)C(F)F)C(F)(F)F. The van der Waals surface area contributed by atoms with Gasteiger partial charge in [-0.05, 0) is 0 Å². The molecule has 0 aliphatic carbocycles. The summed E-state index contributed by atoms with van der Waals surface area (Å²) in [6.07, 6.45) is -10.8. The molecule has 0 aliphatic heterocycles. The molecule has 0 heterocycles. The van der Waals surface area contributed by atoms with Crippen molar-refractivity contribution in [3.63, 3.8) is 0 Å². The maximum Gasteiger partial charge on any atom is 0.445 e. The maximum atomic E-state index is 11.9. The Balaban J connectivity index is 5.21. The number of halogens is 9. The Labute approximate surface area is 71.0 Å². The fourth-order valence-corrected chi connectivity index (χ4v) is 0.367. The Kier molecular flexibility index (Phi) is 3.46. The largest absolute Gasteiger partial charge is 0.445 e. The van der Waals surface area contributed by atoms with Crippen molar-refractivity contribution in [1.82, 2.24) is 0 Å². The number of hydrogen-bond donors (Lipinski definition) is 0. The predicted molar refractivity (Wildman–Crippen MR) is 26.2 cm³/mol. The molecule has 14 heavy (non-hydrogen) atoms. The van der Waals surface area contributed by atoms with Gasteiger partial charge < -0.3 is 0 Å². The van der Waals surface area contributed by atoms with Gasteiger partial charge in [0.05, 0.1) is 0 Å². The van der Waals surface area contributed by atoms with E-state index in [0.29, 0.717) is 0 Å². The van der Waals surface area contributed by atoms with Gasteiger partial charge in [-0.25, -0.2) is 13.2 Å². The van der Waals surface area contributed by atoms with Crippen molar-refractivity contribution in [2.45, 2.75) is 18.5 Å². The second-order valence-corrected chi connectivity index (χ2v) is 2.05. The molecule has 0 aromatic heterocycles. The smallest absolute Gasteiger partial charge is 0.203 e. The van der Waals surface area contributed by atoms with Crippen molar-refractivity contribution >= 4 is 0 Å². The van der Waals surface area contributed by atoms with E-state index in [2.05, 4.69) is 0 Å². The zero-order valence-electron chi connectivity index (χ0n) is 5.98. The summed E-state index contributed by atoms with van der Waals surface area (Å²) in [4.78, 5) is 0. The van der Waals surface area contributed by atoms with Crippen LogP contribution < -0.4 is 0 Å². The van der Waals surface area contributed by atoms with Crippen molar-refractivity contribution in [1.29, 1.82) is 0 Å². The molecule has 0 unspecified atom stereocenters. The number of allylic oxidation sites excluding steroid dienone is 2. The minimum atomic E-state index is -6.05. The van der Waals surface area contributed by atoms with E-state index in [-0.39, 0.29) is 0 Å². The van der Waals surface area contributed by atoms with Crippen molar-refractivity contribution in [2.75, 3.05) is 0 Å². The molecule has 0 bridgehead atoms. The molecule has 0 spiro atoms. The lowest BCUT2D eigenvalue weighted by atomic mass is 10.2. The maximum absolute atomic E-state index is 11.9. The Morgan fingerprint density at radius 3 is 1.36 bits per heavy atom. The molecular weight excluding hydrogens is 231 g/mol. The summed E-state index contributed by atoms with van der Waals surface area (Å²) in [6.45, 7) is 0. The van der Waals surface area contributed by atoms with Gasteiger partial charge in [0.15, 0.2) is 0 Å². The molecule has 9 heteroatoms. The van der Waals surface area contributed by atoms with Crippen molar-refractivity contribution < 1.29 is 39.5 Å². The molecule has 0 fully saturated rings. The number of hydrogen-bond acceptors (Lipinski definition) is 0. The van der Waals surface area contributed by atoms with Gasteiger partial charge in [0, 0.05) is 0 Å². The van der Waals surface area contributed by atoms with Gasteiger partial charge in [-0.15, -0.1) is 0 Å². The second-order valence-electron chi connectivity index (χ2n) is 2.05. The summed E-state index contributed by atoms with van der Waals surface area (Å²) in [7, 11) is 0. The molecule has 0 saturated carbocycles. The average Bonchev–Trinajstić information content (AvgIpc) is 1.99. The summed E-state index contributed by atoms with van der Waals surface area (Å²) in [5.74, 6) is -13.5. The Morgan fingerprint density at radius 2 is 1.14 bits per heavy atom. The highest BCUT2D eigenvalue weighted by Gasteiger charge is 2.52. The second kappa shape index (κ2) is 3.70. The van der Waals surface area contributed by atoms with E-state index in [4.69, 9.17) is 0 Å². The molecule has 0 radical (unpaired) electrons. The molecule has 0 saturated heterocycles. The van der Waals surface area contributed by atoms with E-state index in [1.54, 1.807) is 0 Å². The van der Waals surface area contributed by atoms with Gasteiger partial charge in [0.25, 0.3) is 0 Å². The van der Waals surface area contributed by atoms with Crippen molar-refractivity contribution in [2.24, 2.45) is 0 Å². The van der Waals surface area contributed by atoms with E-state index in [9.17, 15) is 39.5 Å². The zero-order chi connectivity index (χ0) is 11.7. The molecule has 0 aliphatic rings. The lowest BCUT2D eigenvalue weighted by Crippen LogP contribution is -2.30. The van der Waals surface area contributed by atoms with Crippen LogP contribution in [-0.2, 0) is 0 Å². The third kappa shape index (κ3) is 2.55. The third-order valence-electron chi connectivity index (χ3n) is 1.01. The first-order chi connectivity index (χ1) is 6.01. The predicted octanol–water partition coefficient (Wildman–Crippen LogP) is 3.60. The van der Waals surface area contributed by atoms with Gasteiger partial charge in [0.2, 0.25) is 11.7 Å². The van der Waals surface area contributed by atoms with E-state index < -0.39 is 30.2 Å². The van der Waals surface area contributed by atoms with Gasteiger partial charge >= 0.3 is 18.5 Å². The minimum absolute atomic E-state index is 3.82. The van der Waals surface area contributed by atoms with Crippen LogP contribution in [0.1, 0.15) is 0 Å². The van der Waals surface area contributed by atoms with Crippen LogP contribution in [0.2, 0.25) is 0 Å². The Bertz CT molecular complexity index is 234. The molecule has 0 atom stereocenters. The summed E-state index contributed by atoms with van der Waals surface area (Å²) >= 11 is 0. The molecule has 0 aromatic carbocycles. The topological polar surface area (TPSA) is 0 Å². The highest BCUT2D eigenvalue weighted by Crippen LogP contribution is 2.39. The number of alkyl halides is 7. The first-order valence-electron chi connectivity index (χ1n) is 2.80. The van der Waals surface area contributed by atoms with Crippen LogP contribution in [0.15, 0.2) is 11.7 Å². The number of rotatable bonds is 2. The fraction of sp³-hybridized carbons (Fsp3) is 0.600. The van der Waals surface area contributed by atoms with Gasteiger partial charge in [0.1, 0.15) is 0 Å². The summed E-state index contributed by atoms with van der Waals surface area (Å²) in [5, 5.41) is 0. The van der Waals surface area contributed by atoms with E-state index in [0.717, 1.165) is 0 Å². The van der Waals surface area contributed by atoms with Crippen LogP contribution in [-0.4, -0.2) is 18.5 Å². The Morgan fingerprint density at radius 1 is 0.786 bits per heavy atom. The standard InChI is InChI=1S/C5HF9/c6-1(2(7)5(12,13)14)4(10,11)3(8)9/h3H. The first-order valence-corrected chi connectivity index (χ1v) is 2.80. The van der Waals surface area contributed by atoms with Crippen LogP contribution in [0.25, 0.3) is 0 Å². The average molecular weight is 232 g/mol. The molecule has 84 valence electrons. The molecule has 0 aromatic rings. The zero-order valence-corrected chi connectivity index (χ0v) is 5.98. The lowest BCUT2D eigenvalue weighted by molar-refractivity contribution is -0.137. The van der Waals surface area contributed by atoms with Crippen LogP contribution in [0, 0.1) is 0 Å². The molecule has 0 N–H and O–H groups in total. The van der Waals surface area contributed by atoms with Crippen LogP contribution in [0.5, 0.6) is 0 Å². The van der Waals surface area contributed by atoms with E-state index in [1.165, 1.54) is 0 Å². The van der Waals surface area contributed by atoms with Crippen LogP contribution in [0.3, 0.4) is 0 Å².